The molecule has 0 bridgehead atoms. The van der Waals surface area contributed by atoms with Crippen LogP contribution in [0.2, 0.25) is 0 Å². The highest BCUT2D eigenvalue weighted by molar-refractivity contribution is 5.97. The first kappa shape index (κ1) is 11.4. The van der Waals surface area contributed by atoms with Gasteiger partial charge in [0.1, 0.15) is 5.75 Å². The lowest BCUT2D eigenvalue weighted by Crippen LogP contribution is -2.03. The Bertz CT molecular complexity index is 361. The van der Waals surface area contributed by atoms with E-state index in [0.717, 1.165) is 0 Å². The molecule has 1 aromatic rings. The van der Waals surface area contributed by atoms with E-state index in [0.29, 0.717) is 5.56 Å². The third kappa shape index (κ3) is 3.50. The zero-order valence-corrected chi connectivity index (χ0v) is 7.95. The smallest absolute Gasteiger partial charge is 0.387 e. The summed E-state index contributed by atoms with van der Waals surface area (Å²) in [6.45, 7) is 0.545. The van der Waals surface area contributed by atoms with Crippen LogP contribution in [0.15, 0.2) is 36.9 Å². The molecule has 0 heterocycles. The molecule has 15 heavy (non-hydrogen) atoms. The highest BCUT2D eigenvalue weighted by Crippen LogP contribution is 2.16. The number of rotatable bonds is 5. The highest BCUT2D eigenvalue weighted by atomic mass is 19.3. The predicted molar refractivity (Wildman–Crippen MR) is 52.2 cm³/mol. The number of carbonyl (C=O) groups is 1. The van der Waals surface area contributed by atoms with E-state index in [1.807, 2.05) is 0 Å². The minimum atomic E-state index is -2.88. The zero-order valence-electron chi connectivity index (χ0n) is 7.95. The first-order valence-electron chi connectivity index (χ1n) is 4.32. The zero-order chi connectivity index (χ0) is 11.3. The van der Waals surface area contributed by atoms with Crippen LogP contribution in [0.1, 0.15) is 16.8 Å². The van der Waals surface area contributed by atoms with Crippen LogP contribution in [-0.4, -0.2) is 12.4 Å². The Balaban J connectivity index is 2.82. The Morgan fingerprint density at radius 2 is 2.27 bits per heavy atom. The van der Waals surface area contributed by atoms with E-state index in [1.165, 1.54) is 24.3 Å². The van der Waals surface area contributed by atoms with Gasteiger partial charge in [0.2, 0.25) is 0 Å². The largest absolute Gasteiger partial charge is 0.435 e. The number of halogens is 2. The normalized spacial score (nSPS) is 10.1. The number of Topliss-reactive ketones (excluding diaryl/α,β-unsaturated/α-hetero) is 1. The molecule has 0 amide bonds. The summed E-state index contributed by atoms with van der Waals surface area (Å²) in [4.78, 5) is 11.4. The van der Waals surface area contributed by atoms with Gasteiger partial charge in [-0.05, 0) is 12.1 Å². The topological polar surface area (TPSA) is 26.3 Å². The highest BCUT2D eigenvalue weighted by Gasteiger charge is 2.07. The molecule has 0 unspecified atom stereocenters. The van der Waals surface area contributed by atoms with Crippen molar-refractivity contribution in [2.75, 3.05) is 0 Å². The molecule has 0 radical (unpaired) electrons. The van der Waals surface area contributed by atoms with Crippen LogP contribution < -0.4 is 4.74 Å². The Labute approximate surface area is 86.2 Å². The van der Waals surface area contributed by atoms with Crippen molar-refractivity contribution in [3.8, 4) is 5.75 Å². The molecule has 0 atom stereocenters. The molecule has 4 heteroatoms. The average Bonchev–Trinajstić information content (AvgIpc) is 2.17. The number of alkyl halides is 2. The molecular formula is C11H10F2O2. The molecule has 0 aliphatic rings. The second kappa shape index (κ2) is 5.24. The lowest BCUT2D eigenvalue weighted by atomic mass is 10.1. The second-order valence-electron chi connectivity index (χ2n) is 2.82. The van der Waals surface area contributed by atoms with Crippen LogP contribution >= 0.6 is 0 Å². The van der Waals surface area contributed by atoms with Crippen molar-refractivity contribution in [3.05, 3.63) is 42.5 Å². The number of hydrogen-bond acceptors (Lipinski definition) is 2. The average molecular weight is 212 g/mol. The van der Waals surface area contributed by atoms with Crippen LogP contribution in [0.5, 0.6) is 5.75 Å². The molecule has 1 aromatic carbocycles. The van der Waals surface area contributed by atoms with Crippen molar-refractivity contribution in [2.24, 2.45) is 0 Å². The summed E-state index contributed by atoms with van der Waals surface area (Å²) in [6, 6.07) is 5.70. The molecule has 0 aliphatic carbocycles. The summed E-state index contributed by atoms with van der Waals surface area (Å²) >= 11 is 0. The molecule has 0 N–H and O–H groups in total. The van der Waals surface area contributed by atoms with Gasteiger partial charge < -0.3 is 4.74 Å². The summed E-state index contributed by atoms with van der Waals surface area (Å²) in [6.07, 6.45) is 1.64. The molecule has 0 spiro atoms. The molecule has 80 valence electrons. The van der Waals surface area contributed by atoms with Gasteiger partial charge in [-0.2, -0.15) is 8.78 Å². The SMILES string of the molecule is C=CCC(=O)c1cccc(OC(F)F)c1. The first-order chi connectivity index (χ1) is 7.13. The van der Waals surface area contributed by atoms with Crippen molar-refractivity contribution >= 4 is 5.78 Å². The summed E-state index contributed by atoms with van der Waals surface area (Å²) in [7, 11) is 0. The number of carbonyl (C=O) groups excluding carboxylic acids is 1. The fourth-order valence-electron chi connectivity index (χ4n) is 1.09. The van der Waals surface area contributed by atoms with Crippen molar-refractivity contribution in [1.29, 1.82) is 0 Å². The number of ether oxygens (including phenoxy) is 1. The lowest BCUT2D eigenvalue weighted by molar-refractivity contribution is -0.0498. The number of ketones is 1. The molecule has 0 saturated carbocycles. The third-order valence-electron chi connectivity index (χ3n) is 1.71. The van der Waals surface area contributed by atoms with Crippen LogP contribution in [0.3, 0.4) is 0 Å². The molecule has 0 fully saturated rings. The van der Waals surface area contributed by atoms with Crippen molar-refractivity contribution in [3.63, 3.8) is 0 Å². The summed E-state index contributed by atoms with van der Waals surface area (Å²) in [5.74, 6) is -0.190. The van der Waals surface area contributed by atoms with E-state index < -0.39 is 6.61 Å². The van der Waals surface area contributed by atoms with Gasteiger partial charge in [0.25, 0.3) is 0 Å². The van der Waals surface area contributed by atoms with E-state index in [-0.39, 0.29) is 18.0 Å². The van der Waals surface area contributed by atoms with E-state index in [9.17, 15) is 13.6 Å². The van der Waals surface area contributed by atoms with Crippen molar-refractivity contribution < 1.29 is 18.3 Å². The van der Waals surface area contributed by atoms with E-state index in [2.05, 4.69) is 11.3 Å². The maximum Gasteiger partial charge on any atom is 0.387 e. The molecule has 0 saturated heterocycles. The van der Waals surface area contributed by atoms with Crippen LogP contribution in [0, 0.1) is 0 Å². The first-order valence-corrected chi connectivity index (χ1v) is 4.32. The summed E-state index contributed by atoms with van der Waals surface area (Å²) in [5.41, 5.74) is 0.341. The molecule has 2 nitrogen and oxygen atoms in total. The third-order valence-corrected chi connectivity index (χ3v) is 1.71. The maximum absolute atomic E-state index is 11.9. The molecule has 0 aliphatic heterocycles. The van der Waals surface area contributed by atoms with Gasteiger partial charge in [-0.1, -0.05) is 18.2 Å². The minimum Gasteiger partial charge on any atom is -0.435 e. The minimum absolute atomic E-state index is 0.0140. The van der Waals surface area contributed by atoms with Crippen LogP contribution in [0.4, 0.5) is 8.78 Å². The van der Waals surface area contributed by atoms with Gasteiger partial charge in [0, 0.05) is 12.0 Å². The van der Waals surface area contributed by atoms with Crippen LogP contribution in [0.25, 0.3) is 0 Å². The van der Waals surface area contributed by atoms with Gasteiger partial charge in [-0.3, -0.25) is 4.79 Å². The Morgan fingerprint density at radius 3 is 2.87 bits per heavy atom. The monoisotopic (exact) mass is 212 g/mol. The predicted octanol–water partition coefficient (Wildman–Crippen LogP) is 3.05. The standard InChI is InChI=1S/C11H10F2O2/c1-2-4-10(14)8-5-3-6-9(7-8)15-11(12)13/h2-3,5-7,11H,1,4H2. The van der Waals surface area contributed by atoms with Gasteiger partial charge in [-0.15, -0.1) is 6.58 Å². The quantitative estimate of drug-likeness (QED) is 0.554. The molecular weight excluding hydrogens is 202 g/mol. The maximum atomic E-state index is 11.9. The summed E-state index contributed by atoms with van der Waals surface area (Å²) in [5, 5.41) is 0. The fourth-order valence-corrected chi connectivity index (χ4v) is 1.09. The van der Waals surface area contributed by atoms with Gasteiger partial charge in [0.15, 0.2) is 5.78 Å². The Morgan fingerprint density at radius 1 is 1.53 bits per heavy atom. The van der Waals surface area contributed by atoms with E-state index in [4.69, 9.17) is 0 Å². The molecule has 0 aromatic heterocycles. The van der Waals surface area contributed by atoms with Crippen LogP contribution in [-0.2, 0) is 0 Å². The summed E-state index contributed by atoms with van der Waals surface area (Å²) < 4.78 is 27.9. The van der Waals surface area contributed by atoms with Crippen molar-refractivity contribution in [2.45, 2.75) is 13.0 Å². The number of allylic oxidation sites excluding steroid dienone is 1. The lowest BCUT2D eigenvalue weighted by Gasteiger charge is -2.05. The van der Waals surface area contributed by atoms with E-state index in [1.54, 1.807) is 6.07 Å². The number of benzene rings is 1. The Hall–Kier alpha value is -1.71. The second-order valence-corrected chi connectivity index (χ2v) is 2.82. The van der Waals surface area contributed by atoms with Gasteiger partial charge in [0.05, 0.1) is 0 Å². The van der Waals surface area contributed by atoms with E-state index >= 15 is 0 Å². The van der Waals surface area contributed by atoms with Gasteiger partial charge >= 0.3 is 6.61 Å². The van der Waals surface area contributed by atoms with Gasteiger partial charge in [-0.25, -0.2) is 0 Å². The fraction of sp³-hybridized carbons (Fsp3) is 0.182. The number of hydrogen-bond donors (Lipinski definition) is 0. The Kier molecular flexibility index (Phi) is 3.97. The van der Waals surface area contributed by atoms with Crippen molar-refractivity contribution in [1.82, 2.24) is 0 Å². The molecule has 1 rings (SSSR count).